The third-order valence-electron chi connectivity index (χ3n) is 2.97. The maximum absolute atomic E-state index is 10.4. The highest BCUT2D eigenvalue weighted by molar-refractivity contribution is 9.10. The van der Waals surface area contributed by atoms with Crippen LogP contribution in [0.5, 0.6) is 0 Å². The number of halogens is 1. The lowest BCUT2D eigenvalue weighted by Crippen LogP contribution is -2.32. The Morgan fingerprint density at radius 1 is 1.47 bits per heavy atom. The number of nitrogens with zero attached hydrogens (tertiary/aromatic N) is 1. The molecule has 0 spiro atoms. The van der Waals surface area contributed by atoms with E-state index in [0.717, 1.165) is 29.7 Å². The molecule has 1 fully saturated rings. The van der Waals surface area contributed by atoms with Crippen LogP contribution in [0.15, 0.2) is 22.9 Å². The maximum Gasteiger partial charge on any atom is 0.404 e. The standard InChI is InChI=1S/C11H14BrN3O2/c12-9-2-1-8(5-13-9)14-6-11(3-4-11)7-15-10(16)17/h1-2,5,14-15H,3-4,6-7H2,(H,16,17). The van der Waals surface area contributed by atoms with Gasteiger partial charge >= 0.3 is 6.09 Å². The van der Waals surface area contributed by atoms with Crippen molar-refractivity contribution < 1.29 is 9.90 Å². The van der Waals surface area contributed by atoms with Gasteiger partial charge in [-0.25, -0.2) is 9.78 Å². The Labute approximate surface area is 108 Å². The van der Waals surface area contributed by atoms with Gasteiger partial charge in [0, 0.05) is 18.5 Å². The highest BCUT2D eigenvalue weighted by Crippen LogP contribution is 2.44. The fourth-order valence-electron chi connectivity index (χ4n) is 1.63. The first-order valence-electron chi connectivity index (χ1n) is 5.42. The van der Waals surface area contributed by atoms with Gasteiger partial charge < -0.3 is 15.7 Å². The minimum absolute atomic E-state index is 0.0888. The molecule has 1 saturated carbocycles. The average molecular weight is 300 g/mol. The van der Waals surface area contributed by atoms with Crippen molar-refractivity contribution in [1.82, 2.24) is 10.3 Å². The van der Waals surface area contributed by atoms with E-state index in [2.05, 4.69) is 31.5 Å². The summed E-state index contributed by atoms with van der Waals surface area (Å²) in [5, 5.41) is 14.3. The van der Waals surface area contributed by atoms with Crippen LogP contribution >= 0.6 is 15.9 Å². The summed E-state index contributed by atoms with van der Waals surface area (Å²) < 4.78 is 0.803. The predicted molar refractivity (Wildman–Crippen MR) is 68.1 cm³/mol. The molecule has 1 heterocycles. The van der Waals surface area contributed by atoms with E-state index in [-0.39, 0.29) is 5.41 Å². The molecule has 1 aliphatic carbocycles. The summed E-state index contributed by atoms with van der Waals surface area (Å²) in [5.74, 6) is 0. The van der Waals surface area contributed by atoms with Crippen LogP contribution < -0.4 is 10.6 Å². The minimum Gasteiger partial charge on any atom is -0.465 e. The van der Waals surface area contributed by atoms with Crippen LogP contribution in [-0.2, 0) is 0 Å². The van der Waals surface area contributed by atoms with E-state index >= 15 is 0 Å². The zero-order chi connectivity index (χ0) is 12.3. The summed E-state index contributed by atoms with van der Waals surface area (Å²) in [6.07, 6.45) is 2.92. The number of carboxylic acid groups (broad SMARTS) is 1. The molecule has 1 aliphatic rings. The van der Waals surface area contributed by atoms with Crippen molar-refractivity contribution >= 4 is 27.7 Å². The van der Waals surface area contributed by atoms with Gasteiger partial charge in [0.1, 0.15) is 4.60 Å². The number of amides is 1. The summed E-state index contributed by atoms with van der Waals surface area (Å²) in [4.78, 5) is 14.6. The Bertz CT molecular complexity index is 404. The van der Waals surface area contributed by atoms with Gasteiger partial charge in [-0.3, -0.25) is 0 Å². The molecule has 92 valence electrons. The molecule has 0 bridgehead atoms. The zero-order valence-electron chi connectivity index (χ0n) is 9.24. The highest BCUT2D eigenvalue weighted by atomic mass is 79.9. The molecule has 2 rings (SSSR count). The molecule has 0 aliphatic heterocycles. The zero-order valence-corrected chi connectivity index (χ0v) is 10.8. The van der Waals surface area contributed by atoms with E-state index in [9.17, 15) is 4.79 Å². The van der Waals surface area contributed by atoms with E-state index < -0.39 is 6.09 Å². The molecule has 0 saturated heterocycles. The van der Waals surface area contributed by atoms with Gasteiger partial charge in [-0.15, -0.1) is 0 Å². The van der Waals surface area contributed by atoms with Crippen LogP contribution in [0.2, 0.25) is 0 Å². The number of anilines is 1. The van der Waals surface area contributed by atoms with E-state index in [4.69, 9.17) is 5.11 Å². The summed E-state index contributed by atoms with van der Waals surface area (Å²) in [6, 6.07) is 3.81. The molecule has 1 aromatic heterocycles. The van der Waals surface area contributed by atoms with Gasteiger partial charge in [-0.05, 0) is 40.9 Å². The summed E-state index contributed by atoms with van der Waals surface area (Å²) in [7, 11) is 0. The maximum atomic E-state index is 10.4. The monoisotopic (exact) mass is 299 g/mol. The molecule has 0 radical (unpaired) electrons. The molecule has 6 heteroatoms. The lowest BCUT2D eigenvalue weighted by atomic mass is 10.1. The molecule has 0 unspecified atom stereocenters. The van der Waals surface area contributed by atoms with Gasteiger partial charge in [0.15, 0.2) is 0 Å². The van der Waals surface area contributed by atoms with E-state index in [1.54, 1.807) is 6.20 Å². The summed E-state index contributed by atoms with van der Waals surface area (Å²) >= 11 is 3.28. The van der Waals surface area contributed by atoms with Crippen LogP contribution in [0.3, 0.4) is 0 Å². The Morgan fingerprint density at radius 3 is 2.76 bits per heavy atom. The van der Waals surface area contributed by atoms with Gasteiger partial charge in [0.05, 0.1) is 11.9 Å². The van der Waals surface area contributed by atoms with Crippen molar-refractivity contribution in [2.24, 2.45) is 5.41 Å². The highest BCUT2D eigenvalue weighted by Gasteiger charge is 2.42. The van der Waals surface area contributed by atoms with Crippen molar-refractivity contribution in [2.45, 2.75) is 12.8 Å². The lowest BCUT2D eigenvalue weighted by molar-refractivity contribution is 0.192. The topological polar surface area (TPSA) is 74.2 Å². The number of aromatic nitrogens is 1. The van der Waals surface area contributed by atoms with Crippen LogP contribution in [0, 0.1) is 5.41 Å². The number of carbonyl (C=O) groups is 1. The average Bonchev–Trinajstić information content (AvgIpc) is 3.07. The molecule has 3 N–H and O–H groups in total. The third kappa shape index (κ3) is 3.59. The largest absolute Gasteiger partial charge is 0.465 e. The fourth-order valence-corrected chi connectivity index (χ4v) is 1.86. The molecular formula is C11H14BrN3O2. The normalized spacial score (nSPS) is 16.3. The van der Waals surface area contributed by atoms with Crippen molar-refractivity contribution in [1.29, 1.82) is 0 Å². The molecule has 17 heavy (non-hydrogen) atoms. The van der Waals surface area contributed by atoms with Crippen molar-refractivity contribution in [2.75, 3.05) is 18.4 Å². The molecule has 0 atom stereocenters. The first-order chi connectivity index (χ1) is 8.10. The lowest BCUT2D eigenvalue weighted by Gasteiger charge is -2.16. The van der Waals surface area contributed by atoms with Gasteiger partial charge in [0.2, 0.25) is 0 Å². The molecule has 5 nitrogen and oxygen atoms in total. The summed E-state index contributed by atoms with van der Waals surface area (Å²) in [5.41, 5.74) is 1.04. The SMILES string of the molecule is O=C(O)NCC1(CNc2ccc(Br)nc2)CC1. The molecular weight excluding hydrogens is 286 g/mol. The van der Waals surface area contributed by atoms with Gasteiger partial charge in [-0.1, -0.05) is 0 Å². The number of hydrogen-bond donors (Lipinski definition) is 3. The Morgan fingerprint density at radius 2 is 2.24 bits per heavy atom. The number of hydrogen-bond acceptors (Lipinski definition) is 3. The van der Waals surface area contributed by atoms with Crippen molar-refractivity contribution in [3.05, 3.63) is 22.9 Å². The first kappa shape index (κ1) is 12.2. The van der Waals surface area contributed by atoms with Crippen LogP contribution in [0.25, 0.3) is 0 Å². The van der Waals surface area contributed by atoms with Crippen LogP contribution in [0.1, 0.15) is 12.8 Å². The van der Waals surface area contributed by atoms with Crippen molar-refractivity contribution in [3.63, 3.8) is 0 Å². The molecule has 0 aromatic carbocycles. The number of rotatable bonds is 5. The van der Waals surface area contributed by atoms with Crippen molar-refractivity contribution in [3.8, 4) is 0 Å². The predicted octanol–water partition coefficient (Wildman–Crippen LogP) is 2.30. The second-order valence-electron chi connectivity index (χ2n) is 4.38. The molecule has 1 aromatic rings. The van der Waals surface area contributed by atoms with Crippen LogP contribution in [-0.4, -0.2) is 29.3 Å². The minimum atomic E-state index is -0.957. The van der Waals surface area contributed by atoms with E-state index in [0.29, 0.717) is 6.54 Å². The second kappa shape index (κ2) is 4.91. The van der Waals surface area contributed by atoms with Gasteiger partial charge in [-0.2, -0.15) is 0 Å². The van der Waals surface area contributed by atoms with Gasteiger partial charge in [0.25, 0.3) is 0 Å². The molecule has 1 amide bonds. The summed E-state index contributed by atoms with van der Waals surface area (Å²) in [6.45, 7) is 1.29. The quantitative estimate of drug-likeness (QED) is 0.730. The van der Waals surface area contributed by atoms with E-state index in [1.165, 1.54) is 0 Å². The first-order valence-corrected chi connectivity index (χ1v) is 6.21. The second-order valence-corrected chi connectivity index (χ2v) is 5.19. The van der Waals surface area contributed by atoms with E-state index in [1.807, 2.05) is 12.1 Å². The fraction of sp³-hybridized carbons (Fsp3) is 0.455. The smallest absolute Gasteiger partial charge is 0.404 e. The number of nitrogens with one attached hydrogen (secondary N) is 2. The Hall–Kier alpha value is -1.30. The Kier molecular flexibility index (Phi) is 3.51. The van der Waals surface area contributed by atoms with Crippen LogP contribution in [0.4, 0.5) is 10.5 Å². The number of pyridine rings is 1. The Balaban J connectivity index is 1.81. The third-order valence-corrected chi connectivity index (χ3v) is 3.44.